The summed E-state index contributed by atoms with van der Waals surface area (Å²) in [4.78, 5) is 13.4. The number of ether oxygens (including phenoxy) is 2. The molecule has 0 spiro atoms. The molecule has 33 heavy (non-hydrogen) atoms. The molecular formula is C26H24F3NO3. The molecule has 7 heteroatoms. The predicted molar refractivity (Wildman–Crippen MR) is 119 cm³/mol. The first-order chi connectivity index (χ1) is 15.8. The number of Topliss-reactive ketones (excluding diaryl/α,β-unsaturated/α-hetero) is 1. The van der Waals surface area contributed by atoms with Crippen LogP contribution in [0.5, 0.6) is 11.5 Å². The van der Waals surface area contributed by atoms with E-state index in [2.05, 4.69) is 0 Å². The Morgan fingerprint density at radius 2 is 1.76 bits per heavy atom. The molecule has 3 aromatic carbocycles. The van der Waals surface area contributed by atoms with E-state index in [1.165, 1.54) is 0 Å². The largest absolute Gasteiger partial charge is 0.454 e. The molecule has 0 saturated heterocycles. The Hall–Kier alpha value is -3.32. The van der Waals surface area contributed by atoms with Crippen LogP contribution in [0, 0.1) is 0 Å². The molecule has 1 aliphatic heterocycles. The van der Waals surface area contributed by atoms with Crippen molar-refractivity contribution in [3.63, 3.8) is 0 Å². The average molecular weight is 455 g/mol. The van der Waals surface area contributed by atoms with Crippen LogP contribution in [0.4, 0.5) is 13.2 Å². The van der Waals surface area contributed by atoms with E-state index in [1.807, 2.05) is 12.1 Å². The van der Waals surface area contributed by atoms with Crippen LogP contribution in [0.3, 0.4) is 0 Å². The van der Waals surface area contributed by atoms with E-state index < -0.39 is 17.2 Å². The highest BCUT2D eigenvalue weighted by Crippen LogP contribution is 2.51. The molecule has 1 fully saturated rings. The topological polar surface area (TPSA) is 61.6 Å². The fourth-order valence-electron chi connectivity index (χ4n) is 4.50. The third-order valence-electron chi connectivity index (χ3n) is 6.44. The first kappa shape index (κ1) is 21.5. The number of hydrogen-bond acceptors (Lipinski definition) is 4. The Balaban J connectivity index is 0.00000274. The number of carbonyl (C=O) groups is 1. The molecule has 0 unspecified atom stereocenters. The van der Waals surface area contributed by atoms with Crippen LogP contribution < -0.4 is 15.2 Å². The highest BCUT2D eigenvalue weighted by molar-refractivity contribution is 5.95. The van der Waals surface area contributed by atoms with Crippen molar-refractivity contribution in [3.8, 4) is 22.6 Å². The van der Waals surface area contributed by atoms with E-state index in [4.69, 9.17) is 15.2 Å². The van der Waals surface area contributed by atoms with E-state index in [9.17, 15) is 18.0 Å². The third kappa shape index (κ3) is 3.97. The second-order valence-electron chi connectivity index (χ2n) is 8.53. The maximum atomic E-state index is 13.7. The highest BCUT2D eigenvalue weighted by atomic mass is 19.4. The van der Waals surface area contributed by atoms with Gasteiger partial charge in [0.1, 0.15) is 5.78 Å². The van der Waals surface area contributed by atoms with Crippen molar-refractivity contribution >= 4 is 5.78 Å². The van der Waals surface area contributed by atoms with Gasteiger partial charge in [-0.2, -0.15) is 13.2 Å². The molecule has 3 aromatic rings. The number of fused-ring (bicyclic) bond motifs is 1. The van der Waals surface area contributed by atoms with Crippen LogP contribution in [-0.4, -0.2) is 12.6 Å². The van der Waals surface area contributed by atoms with Crippen molar-refractivity contribution in [2.24, 2.45) is 5.73 Å². The van der Waals surface area contributed by atoms with Gasteiger partial charge in [0.05, 0.1) is 11.0 Å². The molecule has 1 heterocycles. The summed E-state index contributed by atoms with van der Waals surface area (Å²) in [7, 11) is 0. The smallest absolute Gasteiger partial charge is 0.416 e. The lowest BCUT2D eigenvalue weighted by Gasteiger charge is -2.17. The first-order valence-electron chi connectivity index (χ1n) is 10.7. The lowest BCUT2D eigenvalue weighted by molar-refractivity contribution is -0.137. The molecule has 172 valence electrons. The lowest BCUT2D eigenvalue weighted by atomic mass is 9.86. The summed E-state index contributed by atoms with van der Waals surface area (Å²) in [6, 6.07) is 16.4. The van der Waals surface area contributed by atoms with Crippen molar-refractivity contribution in [2.75, 3.05) is 6.79 Å². The fraction of sp³-hybridized carbons (Fsp3) is 0.269. The van der Waals surface area contributed by atoms with Gasteiger partial charge in [0.2, 0.25) is 6.79 Å². The second kappa shape index (κ2) is 7.92. The Kier molecular flexibility index (Phi) is 5.16. The molecule has 0 radical (unpaired) electrons. The Bertz CT molecular complexity index is 1240. The van der Waals surface area contributed by atoms with Crippen LogP contribution in [0.15, 0.2) is 60.7 Å². The van der Waals surface area contributed by atoms with Crippen LogP contribution >= 0.6 is 0 Å². The summed E-state index contributed by atoms with van der Waals surface area (Å²) in [5, 5.41) is 0. The number of nitrogens with two attached hydrogens (primary N) is 1. The maximum absolute atomic E-state index is 13.7. The van der Waals surface area contributed by atoms with Crippen LogP contribution in [0.25, 0.3) is 11.1 Å². The number of carbonyl (C=O) groups excluding carboxylic acids is 1. The lowest BCUT2D eigenvalue weighted by Crippen LogP contribution is -2.22. The predicted octanol–water partition coefficient (Wildman–Crippen LogP) is 5.65. The van der Waals surface area contributed by atoms with E-state index in [0.29, 0.717) is 41.0 Å². The SMILES string of the molecule is NCc1ccccc1-c1cc(CC(=O)C2(c3ccc4c(c3)OCO4)CC2)cc(C(F)(F)F)c1.[HH]. The molecule has 2 aliphatic rings. The minimum absolute atomic E-state index is 0. The molecule has 0 bridgehead atoms. The van der Waals surface area contributed by atoms with Gasteiger partial charge in [-0.3, -0.25) is 4.79 Å². The summed E-state index contributed by atoms with van der Waals surface area (Å²) < 4.78 is 51.8. The van der Waals surface area contributed by atoms with E-state index in [-0.39, 0.29) is 27.0 Å². The van der Waals surface area contributed by atoms with Crippen molar-refractivity contribution in [2.45, 2.75) is 37.4 Å². The van der Waals surface area contributed by atoms with Gasteiger partial charge in [0.15, 0.2) is 11.5 Å². The number of ketones is 1. The van der Waals surface area contributed by atoms with Crippen molar-refractivity contribution in [3.05, 3.63) is 82.9 Å². The molecule has 0 amide bonds. The molecule has 2 N–H and O–H groups in total. The average Bonchev–Trinajstić information content (AvgIpc) is 3.49. The third-order valence-corrected chi connectivity index (χ3v) is 6.44. The number of hydrogen-bond donors (Lipinski definition) is 1. The van der Waals surface area contributed by atoms with E-state index in [0.717, 1.165) is 23.3 Å². The van der Waals surface area contributed by atoms with Crippen LogP contribution in [0.2, 0.25) is 0 Å². The van der Waals surface area contributed by atoms with Gasteiger partial charge >= 0.3 is 6.18 Å². The standard InChI is InChI=1S/C26H22F3NO3.H2/c27-26(28,29)20-10-16(9-18(12-20)21-4-2-1-3-17(21)14-30)11-24(31)25(7-8-25)19-5-6-22-23(13-19)33-15-32-22;/h1-6,9-10,12-13H,7-8,11,14-15,30H2;1H. The van der Waals surface area contributed by atoms with Gasteiger partial charge in [0.25, 0.3) is 0 Å². The van der Waals surface area contributed by atoms with Gasteiger partial charge < -0.3 is 15.2 Å². The maximum Gasteiger partial charge on any atom is 0.416 e. The summed E-state index contributed by atoms with van der Waals surface area (Å²) in [6.45, 7) is 0.338. The van der Waals surface area contributed by atoms with Crippen LogP contribution in [-0.2, 0) is 29.4 Å². The van der Waals surface area contributed by atoms with Gasteiger partial charge in [-0.05, 0) is 64.9 Å². The van der Waals surface area contributed by atoms with Crippen molar-refractivity contribution in [1.82, 2.24) is 0 Å². The molecule has 0 aromatic heterocycles. The van der Waals surface area contributed by atoms with Crippen molar-refractivity contribution in [1.29, 1.82) is 0 Å². The minimum atomic E-state index is -4.53. The monoisotopic (exact) mass is 455 g/mol. The van der Waals surface area contributed by atoms with Gasteiger partial charge in [-0.1, -0.05) is 36.4 Å². The summed E-state index contributed by atoms with van der Waals surface area (Å²) >= 11 is 0. The quantitative estimate of drug-likeness (QED) is 0.522. The summed E-state index contributed by atoms with van der Waals surface area (Å²) in [5.74, 6) is 1.12. The number of alkyl halides is 3. The zero-order valence-electron chi connectivity index (χ0n) is 17.7. The summed E-state index contributed by atoms with van der Waals surface area (Å²) in [5.41, 5.74) is 7.28. The number of rotatable bonds is 6. The summed E-state index contributed by atoms with van der Waals surface area (Å²) in [6.07, 6.45) is -3.29. The van der Waals surface area contributed by atoms with Gasteiger partial charge in [-0.15, -0.1) is 0 Å². The molecular weight excluding hydrogens is 431 g/mol. The van der Waals surface area contributed by atoms with Crippen molar-refractivity contribution < 1.29 is 28.9 Å². The van der Waals surface area contributed by atoms with Gasteiger partial charge in [-0.25, -0.2) is 0 Å². The molecule has 1 aliphatic carbocycles. The number of halogens is 3. The zero-order chi connectivity index (χ0) is 23.2. The number of benzene rings is 3. The minimum Gasteiger partial charge on any atom is -0.454 e. The fourth-order valence-corrected chi connectivity index (χ4v) is 4.50. The first-order valence-corrected chi connectivity index (χ1v) is 10.7. The Morgan fingerprint density at radius 3 is 2.48 bits per heavy atom. The highest BCUT2D eigenvalue weighted by Gasteiger charge is 2.51. The Morgan fingerprint density at radius 1 is 1.00 bits per heavy atom. The Labute approximate surface area is 190 Å². The normalized spacial score (nSPS) is 16.0. The van der Waals surface area contributed by atoms with E-state index in [1.54, 1.807) is 36.4 Å². The molecule has 1 saturated carbocycles. The van der Waals surface area contributed by atoms with E-state index >= 15 is 0 Å². The molecule has 0 atom stereocenters. The van der Waals surface area contributed by atoms with Crippen LogP contribution in [0.1, 0.15) is 36.5 Å². The second-order valence-corrected chi connectivity index (χ2v) is 8.53. The zero-order valence-corrected chi connectivity index (χ0v) is 17.7. The molecule has 4 nitrogen and oxygen atoms in total. The molecule has 5 rings (SSSR count). The van der Waals surface area contributed by atoms with Gasteiger partial charge in [0, 0.05) is 14.4 Å².